The van der Waals surface area contributed by atoms with Crippen LogP contribution < -0.4 is 14.8 Å². The average Bonchev–Trinajstić information content (AvgIpc) is 2.37. The summed E-state index contributed by atoms with van der Waals surface area (Å²) in [4.78, 5) is 11.8. The minimum atomic E-state index is -1.04. The Morgan fingerprint density at radius 1 is 1.41 bits per heavy atom. The van der Waals surface area contributed by atoms with Crippen LogP contribution in [0.3, 0.4) is 0 Å². The van der Waals surface area contributed by atoms with Gasteiger partial charge < -0.3 is 19.9 Å². The van der Waals surface area contributed by atoms with Gasteiger partial charge in [-0.1, -0.05) is 0 Å². The minimum Gasteiger partial charge on any atom is -0.486 e. The molecule has 1 unspecified atom stereocenters. The first-order valence-corrected chi connectivity index (χ1v) is 5.49. The molecule has 2 rings (SSSR count). The van der Waals surface area contributed by atoms with Crippen LogP contribution in [-0.4, -0.2) is 43.8 Å². The number of benzene rings is 1. The number of likely N-dealkylation sites (N-methyl/N-ethyl adjacent to an activating group) is 1. The number of Topliss-reactive ketones (excluding diaryl/α,β-unsaturated/α-hetero) is 1. The van der Waals surface area contributed by atoms with Gasteiger partial charge in [-0.25, -0.2) is 0 Å². The molecular formula is C12H15NO4. The highest BCUT2D eigenvalue weighted by atomic mass is 16.6. The van der Waals surface area contributed by atoms with E-state index >= 15 is 0 Å². The molecular weight excluding hydrogens is 222 g/mol. The summed E-state index contributed by atoms with van der Waals surface area (Å²) >= 11 is 0. The monoisotopic (exact) mass is 237 g/mol. The van der Waals surface area contributed by atoms with Crippen molar-refractivity contribution >= 4 is 5.78 Å². The highest BCUT2D eigenvalue weighted by Gasteiger charge is 2.19. The zero-order valence-corrected chi connectivity index (χ0v) is 9.60. The first-order valence-electron chi connectivity index (χ1n) is 5.49. The van der Waals surface area contributed by atoms with Crippen molar-refractivity contribution in [3.63, 3.8) is 0 Å². The van der Waals surface area contributed by atoms with Crippen molar-refractivity contribution in [1.29, 1.82) is 0 Å². The molecule has 1 heterocycles. The summed E-state index contributed by atoms with van der Waals surface area (Å²) in [7, 11) is 1.68. The molecule has 0 spiro atoms. The van der Waals surface area contributed by atoms with E-state index in [0.29, 0.717) is 30.3 Å². The van der Waals surface area contributed by atoms with E-state index in [-0.39, 0.29) is 12.3 Å². The van der Waals surface area contributed by atoms with Gasteiger partial charge in [-0.3, -0.25) is 4.79 Å². The number of rotatable bonds is 4. The third-order valence-electron chi connectivity index (χ3n) is 2.53. The fourth-order valence-electron chi connectivity index (χ4n) is 1.68. The van der Waals surface area contributed by atoms with Gasteiger partial charge in [-0.2, -0.15) is 0 Å². The first kappa shape index (κ1) is 11.9. The Kier molecular flexibility index (Phi) is 3.61. The summed E-state index contributed by atoms with van der Waals surface area (Å²) < 4.78 is 10.7. The maximum atomic E-state index is 11.8. The maximum absolute atomic E-state index is 11.8. The van der Waals surface area contributed by atoms with Crippen LogP contribution >= 0.6 is 0 Å². The molecule has 0 saturated carbocycles. The highest BCUT2D eigenvalue weighted by molar-refractivity contribution is 6.00. The number of fused-ring (bicyclic) bond motifs is 1. The van der Waals surface area contributed by atoms with Gasteiger partial charge in [0.15, 0.2) is 17.3 Å². The molecule has 92 valence electrons. The third-order valence-corrected chi connectivity index (χ3v) is 2.53. The molecule has 0 radical (unpaired) electrons. The second kappa shape index (κ2) is 5.16. The molecule has 17 heavy (non-hydrogen) atoms. The minimum absolute atomic E-state index is 0.229. The van der Waals surface area contributed by atoms with E-state index in [1.807, 2.05) is 0 Å². The third kappa shape index (κ3) is 2.57. The number of hydrogen-bond acceptors (Lipinski definition) is 5. The van der Waals surface area contributed by atoms with Gasteiger partial charge in [0.05, 0.1) is 0 Å². The summed E-state index contributed by atoms with van der Waals surface area (Å²) in [6, 6.07) is 4.93. The smallest absolute Gasteiger partial charge is 0.192 e. The van der Waals surface area contributed by atoms with Crippen molar-refractivity contribution in [3.05, 3.63) is 23.8 Å². The Labute approximate surface area is 99.3 Å². The van der Waals surface area contributed by atoms with E-state index in [9.17, 15) is 9.90 Å². The lowest BCUT2D eigenvalue weighted by Crippen LogP contribution is -2.31. The summed E-state index contributed by atoms with van der Waals surface area (Å²) in [6.45, 7) is 1.22. The zero-order chi connectivity index (χ0) is 12.3. The number of ether oxygens (including phenoxy) is 2. The van der Waals surface area contributed by atoms with E-state index in [1.165, 1.54) is 0 Å². The molecule has 1 atom stereocenters. The predicted molar refractivity (Wildman–Crippen MR) is 61.7 cm³/mol. The quantitative estimate of drug-likeness (QED) is 0.733. The molecule has 0 fully saturated rings. The summed E-state index contributed by atoms with van der Waals surface area (Å²) in [5.41, 5.74) is 0.428. The molecule has 0 saturated heterocycles. The molecule has 0 aliphatic carbocycles. The number of carbonyl (C=O) groups excluding carboxylic acids is 1. The van der Waals surface area contributed by atoms with Gasteiger partial charge in [0, 0.05) is 12.1 Å². The van der Waals surface area contributed by atoms with Gasteiger partial charge in [0.1, 0.15) is 19.3 Å². The molecule has 0 amide bonds. The number of hydrogen-bond donors (Lipinski definition) is 2. The SMILES string of the molecule is CNCC(O)C(=O)c1ccc2c(c1)OCCO2. The summed E-state index contributed by atoms with van der Waals surface area (Å²) in [5.74, 6) is 0.867. The van der Waals surface area contributed by atoms with E-state index in [2.05, 4.69) is 5.32 Å². The number of carbonyl (C=O) groups is 1. The van der Waals surface area contributed by atoms with Crippen LogP contribution in [0, 0.1) is 0 Å². The number of nitrogens with one attached hydrogen (secondary N) is 1. The van der Waals surface area contributed by atoms with Crippen LogP contribution in [0.4, 0.5) is 0 Å². The van der Waals surface area contributed by atoms with Crippen molar-refractivity contribution in [2.24, 2.45) is 0 Å². The zero-order valence-electron chi connectivity index (χ0n) is 9.60. The molecule has 0 bridgehead atoms. The molecule has 1 aromatic rings. The van der Waals surface area contributed by atoms with Gasteiger partial charge in [0.25, 0.3) is 0 Å². The van der Waals surface area contributed by atoms with Gasteiger partial charge in [-0.05, 0) is 25.2 Å². The number of aliphatic hydroxyl groups excluding tert-OH is 1. The molecule has 1 aliphatic heterocycles. The lowest BCUT2D eigenvalue weighted by molar-refractivity contribution is 0.0749. The first-order chi connectivity index (χ1) is 8.22. The van der Waals surface area contributed by atoms with E-state index in [1.54, 1.807) is 25.2 Å². The lowest BCUT2D eigenvalue weighted by atomic mass is 10.1. The molecule has 0 aromatic heterocycles. The van der Waals surface area contributed by atoms with Crippen LogP contribution in [0.25, 0.3) is 0 Å². The van der Waals surface area contributed by atoms with Gasteiger partial charge in [0.2, 0.25) is 0 Å². The van der Waals surface area contributed by atoms with Crippen LogP contribution in [0.2, 0.25) is 0 Å². The molecule has 1 aromatic carbocycles. The van der Waals surface area contributed by atoms with Gasteiger partial charge in [-0.15, -0.1) is 0 Å². The van der Waals surface area contributed by atoms with E-state index in [0.717, 1.165) is 0 Å². The van der Waals surface area contributed by atoms with Gasteiger partial charge >= 0.3 is 0 Å². The van der Waals surface area contributed by atoms with E-state index < -0.39 is 6.10 Å². The fourth-order valence-corrected chi connectivity index (χ4v) is 1.68. The van der Waals surface area contributed by atoms with Crippen molar-refractivity contribution in [2.45, 2.75) is 6.10 Å². The highest BCUT2D eigenvalue weighted by Crippen LogP contribution is 2.31. The topological polar surface area (TPSA) is 67.8 Å². The number of aliphatic hydroxyl groups is 1. The Morgan fingerprint density at radius 2 is 2.12 bits per heavy atom. The van der Waals surface area contributed by atoms with E-state index in [4.69, 9.17) is 9.47 Å². The van der Waals surface area contributed by atoms with Crippen molar-refractivity contribution in [2.75, 3.05) is 26.8 Å². The van der Waals surface area contributed by atoms with Crippen LogP contribution in [0.15, 0.2) is 18.2 Å². The normalized spacial score (nSPS) is 15.4. The van der Waals surface area contributed by atoms with Crippen molar-refractivity contribution in [3.8, 4) is 11.5 Å². The second-order valence-corrected chi connectivity index (χ2v) is 3.80. The Hall–Kier alpha value is -1.59. The maximum Gasteiger partial charge on any atom is 0.192 e. The number of ketones is 1. The fraction of sp³-hybridized carbons (Fsp3) is 0.417. The molecule has 2 N–H and O–H groups in total. The Morgan fingerprint density at radius 3 is 2.82 bits per heavy atom. The Balaban J connectivity index is 2.19. The van der Waals surface area contributed by atoms with Crippen molar-refractivity contribution < 1.29 is 19.4 Å². The van der Waals surface area contributed by atoms with Crippen LogP contribution in [-0.2, 0) is 0 Å². The second-order valence-electron chi connectivity index (χ2n) is 3.80. The largest absolute Gasteiger partial charge is 0.486 e. The van der Waals surface area contributed by atoms with Crippen LogP contribution in [0.1, 0.15) is 10.4 Å². The standard InChI is InChI=1S/C12H15NO4/c1-13-7-9(14)12(15)8-2-3-10-11(6-8)17-5-4-16-10/h2-3,6,9,13-14H,4-5,7H2,1H3. The molecule has 5 heteroatoms. The summed E-state index contributed by atoms with van der Waals surface area (Å²) in [6.07, 6.45) is -1.04. The molecule has 1 aliphatic rings. The Bertz CT molecular complexity index is 419. The average molecular weight is 237 g/mol. The van der Waals surface area contributed by atoms with Crippen LogP contribution in [0.5, 0.6) is 11.5 Å². The van der Waals surface area contributed by atoms with Crippen molar-refractivity contribution in [1.82, 2.24) is 5.32 Å². The summed E-state index contributed by atoms with van der Waals surface area (Å²) in [5, 5.41) is 12.3. The molecule has 5 nitrogen and oxygen atoms in total. The predicted octanol–water partition coefficient (Wildman–Crippen LogP) is 0.221. The lowest BCUT2D eigenvalue weighted by Gasteiger charge is -2.19.